The Morgan fingerprint density at radius 2 is 1.83 bits per heavy atom. The maximum Gasteiger partial charge on any atom is 0.267 e. The number of hydrogen-bond donors (Lipinski definition) is 1. The first kappa shape index (κ1) is 17.8. The molecular weight excluding hydrogens is 309 g/mol. The monoisotopic (exact) mass is 331 g/mol. The second-order valence-corrected chi connectivity index (χ2v) is 6.64. The number of aromatic nitrogens is 2. The van der Waals surface area contributed by atoms with Crippen LogP contribution in [-0.4, -0.2) is 22.2 Å². The van der Waals surface area contributed by atoms with Crippen LogP contribution in [0.4, 0.5) is 4.39 Å². The molecule has 128 valence electrons. The molecule has 0 aliphatic carbocycles. The average Bonchev–Trinajstić information content (AvgIpc) is 2.53. The molecule has 0 unspecified atom stereocenters. The summed E-state index contributed by atoms with van der Waals surface area (Å²) < 4.78 is 14.2. The number of halogens is 1. The van der Waals surface area contributed by atoms with E-state index in [1.54, 1.807) is 32.0 Å². The predicted molar refractivity (Wildman–Crippen MR) is 91.1 cm³/mol. The van der Waals surface area contributed by atoms with Crippen molar-refractivity contribution >= 4 is 5.91 Å². The lowest BCUT2D eigenvalue weighted by Crippen LogP contribution is -2.50. The van der Waals surface area contributed by atoms with Crippen molar-refractivity contribution < 1.29 is 9.18 Å². The van der Waals surface area contributed by atoms with Gasteiger partial charge in [-0.25, -0.2) is 9.07 Å². The quantitative estimate of drug-likeness (QED) is 0.916. The minimum Gasteiger partial charge on any atom is -0.354 e. The molecule has 2 rings (SSSR count). The number of nitrogens with one attached hydrogen (secondary N) is 1. The fourth-order valence-electron chi connectivity index (χ4n) is 2.20. The van der Waals surface area contributed by atoms with Crippen molar-refractivity contribution in [1.82, 2.24) is 15.1 Å². The van der Waals surface area contributed by atoms with Gasteiger partial charge in [-0.15, -0.1) is 0 Å². The summed E-state index contributed by atoms with van der Waals surface area (Å²) in [6, 6.07) is 8.74. The number of nitrogens with zero attached hydrogens (tertiary/aromatic N) is 2. The van der Waals surface area contributed by atoms with Gasteiger partial charge in [-0.2, -0.15) is 5.10 Å². The molecule has 0 saturated carbocycles. The van der Waals surface area contributed by atoms with Crippen LogP contribution < -0.4 is 10.9 Å². The van der Waals surface area contributed by atoms with Crippen LogP contribution >= 0.6 is 0 Å². The van der Waals surface area contributed by atoms with Gasteiger partial charge in [0.05, 0.1) is 5.69 Å². The van der Waals surface area contributed by atoms with Crippen molar-refractivity contribution in [3.05, 3.63) is 52.6 Å². The van der Waals surface area contributed by atoms with Crippen LogP contribution in [0.5, 0.6) is 0 Å². The highest BCUT2D eigenvalue weighted by Gasteiger charge is 2.32. The summed E-state index contributed by atoms with van der Waals surface area (Å²) in [4.78, 5) is 24.7. The van der Waals surface area contributed by atoms with Gasteiger partial charge in [0, 0.05) is 18.2 Å². The SMILES string of the molecule is CC(C)CNC(=O)C(C)(C)n1nc(-c2ccc(F)cc2)ccc1=O. The summed E-state index contributed by atoms with van der Waals surface area (Å²) in [6.07, 6.45) is 0. The Balaban J connectivity index is 2.38. The second kappa shape index (κ2) is 6.95. The second-order valence-electron chi connectivity index (χ2n) is 6.64. The van der Waals surface area contributed by atoms with E-state index in [0.717, 1.165) is 0 Å². The molecule has 24 heavy (non-hydrogen) atoms. The summed E-state index contributed by atoms with van der Waals surface area (Å²) in [7, 11) is 0. The third kappa shape index (κ3) is 3.88. The van der Waals surface area contributed by atoms with Gasteiger partial charge in [0.25, 0.3) is 5.56 Å². The maximum absolute atomic E-state index is 13.1. The maximum atomic E-state index is 13.1. The molecule has 0 radical (unpaired) electrons. The van der Waals surface area contributed by atoms with Crippen molar-refractivity contribution in [3.8, 4) is 11.3 Å². The minimum absolute atomic E-state index is 0.276. The minimum atomic E-state index is -1.14. The van der Waals surface area contributed by atoms with E-state index < -0.39 is 5.54 Å². The summed E-state index contributed by atoms with van der Waals surface area (Å²) in [5.74, 6) is -0.317. The summed E-state index contributed by atoms with van der Waals surface area (Å²) >= 11 is 0. The molecule has 1 amide bonds. The number of hydrogen-bond acceptors (Lipinski definition) is 3. The van der Waals surface area contributed by atoms with Gasteiger partial charge in [-0.05, 0) is 50.1 Å². The smallest absolute Gasteiger partial charge is 0.267 e. The highest BCUT2D eigenvalue weighted by Crippen LogP contribution is 2.18. The first-order valence-corrected chi connectivity index (χ1v) is 7.87. The third-order valence-electron chi connectivity index (χ3n) is 3.70. The molecule has 0 atom stereocenters. The molecule has 0 aliphatic rings. The Labute approximate surface area is 140 Å². The zero-order valence-corrected chi connectivity index (χ0v) is 14.3. The standard InChI is InChI=1S/C18H22FN3O2/c1-12(2)11-20-17(24)18(3,4)22-16(23)10-9-15(21-22)13-5-7-14(19)8-6-13/h5-10,12H,11H2,1-4H3,(H,20,24). The van der Waals surface area contributed by atoms with E-state index in [4.69, 9.17) is 0 Å². The van der Waals surface area contributed by atoms with E-state index in [0.29, 0.717) is 23.7 Å². The van der Waals surface area contributed by atoms with Crippen molar-refractivity contribution in [2.45, 2.75) is 33.2 Å². The Bertz CT molecular complexity index is 780. The Kier molecular flexibility index (Phi) is 5.17. The first-order chi connectivity index (χ1) is 11.2. The van der Waals surface area contributed by atoms with E-state index in [1.165, 1.54) is 22.9 Å². The van der Waals surface area contributed by atoms with E-state index >= 15 is 0 Å². The molecule has 1 aromatic carbocycles. The Hall–Kier alpha value is -2.50. The van der Waals surface area contributed by atoms with Crippen LogP contribution in [0, 0.1) is 11.7 Å². The molecule has 5 nitrogen and oxygen atoms in total. The van der Waals surface area contributed by atoms with Gasteiger partial charge < -0.3 is 5.32 Å². The zero-order valence-electron chi connectivity index (χ0n) is 14.3. The van der Waals surface area contributed by atoms with Crippen molar-refractivity contribution in [2.75, 3.05) is 6.54 Å². The van der Waals surface area contributed by atoms with Crippen LogP contribution in [0.3, 0.4) is 0 Å². The van der Waals surface area contributed by atoms with Crippen LogP contribution in [0.1, 0.15) is 27.7 Å². The van der Waals surface area contributed by atoms with Gasteiger partial charge in [0.2, 0.25) is 5.91 Å². The Morgan fingerprint density at radius 1 is 1.21 bits per heavy atom. The molecule has 0 aliphatic heterocycles. The topological polar surface area (TPSA) is 64.0 Å². The summed E-state index contributed by atoms with van der Waals surface area (Å²) in [5, 5.41) is 7.14. The molecule has 0 saturated heterocycles. The van der Waals surface area contributed by atoms with Crippen LogP contribution in [-0.2, 0) is 10.3 Å². The van der Waals surface area contributed by atoms with E-state index in [9.17, 15) is 14.0 Å². The highest BCUT2D eigenvalue weighted by atomic mass is 19.1. The van der Waals surface area contributed by atoms with E-state index in [-0.39, 0.29) is 17.3 Å². The molecule has 1 N–H and O–H groups in total. The predicted octanol–water partition coefficient (Wildman–Crippen LogP) is 2.56. The van der Waals surface area contributed by atoms with Gasteiger partial charge in [-0.1, -0.05) is 13.8 Å². The van der Waals surface area contributed by atoms with Gasteiger partial charge >= 0.3 is 0 Å². The van der Waals surface area contributed by atoms with Crippen molar-refractivity contribution in [2.24, 2.45) is 5.92 Å². The number of benzene rings is 1. The number of rotatable bonds is 5. The van der Waals surface area contributed by atoms with Gasteiger partial charge in [-0.3, -0.25) is 9.59 Å². The van der Waals surface area contributed by atoms with Crippen molar-refractivity contribution in [1.29, 1.82) is 0 Å². The normalized spacial score (nSPS) is 11.6. The first-order valence-electron chi connectivity index (χ1n) is 7.87. The summed E-state index contributed by atoms with van der Waals surface area (Å²) in [6.45, 7) is 7.80. The third-order valence-corrected chi connectivity index (χ3v) is 3.70. The lowest BCUT2D eigenvalue weighted by Gasteiger charge is -2.25. The van der Waals surface area contributed by atoms with E-state index in [1.807, 2.05) is 13.8 Å². The largest absolute Gasteiger partial charge is 0.354 e. The van der Waals surface area contributed by atoms with Crippen LogP contribution in [0.25, 0.3) is 11.3 Å². The molecular formula is C18H22FN3O2. The molecule has 0 fully saturated rings. The average molecular weight is 331 g/mol. The lowest BCUT2D eigenvalue weighted by molar-refractivity contribution is -0.129. The lowest BCUT2D eigenvalue weighted by atomic mass is 10.0. The number of carbonyl (C=O) groups is 1. The highest BCUT2D eigenvalue weighted by molar-refractivity contribution is 5.83. The molecule has 0 spiro atoms. The van der Waals surface area contributed by atoms with Crippen LogP contribution in [0.15, 0.2) is 41.2 Å². The molecule has 0 bridgehead atoms. The van der Waals surface area contributed by atoms with Crippen LogP contribution in [0.2, 0.25) is 0 Å². The zero-order chi connectivity index (χ0) is 17.9. The fraction of sp³-hybridized carbons (Fsp3) is 0.389. The summed E-state index contributed by atoms with van der Waals surface area (Å²) in [5.41, 5.74) is -0.337. The Morgan fingerprint density at radius 3 is 2.42 bits per heavy atom. The molecule has 2 aromatic rings. The number of amides is 1. The molecule has 1 heterocycles. The fourth-order valence-corrected chi connectivity index (χ4v) is 2.20. The van der Waals surface area contributed by atoms with Gasteiger partial charge in [0.1, 0.15) is 11.4 Å². The molecule has 1 aromatic heterocycles. The van der Waals surface area contributed by atoms with Crippen molar-refractivity contribution in [3.63, 3.8) is 0 Å². The van der Waals surface area contributed by atoms with E-state index in [2.05, 4.69) is 10.4 Å². The number of carbonyl (C=O) groups excluding carboxylic acids is 1. The molecule has 6 heteroatoms. The van der Waals surface area contributed by atoms with Gasteiger partial charge in [0.15, 0.2) is 0 Å².